The molecule has 0 spiro atoms. The van der Waals surface area contributed by atoms with Crippen LogP contribution >= 0.6 is 0 Å². The van der Waals surface area contributed by atoms with E-state index in [0.29, 0.717) is 6.04 Å². The maximum absolute atomic E-state index is 9.45. The summed E-state index contributed by atoms with van der Waals surface area (Å²) in [5.41, 5.74) is 2.16. The first-order valence-corrected chi connectivity index (χ1v) is 6.16. The minimum atomic E-state index is -0.175. The fraction of sp³-hybridized carbons (Fsp3) is 0.615. The van der Waals surface area contributed by atoms with E-state index < -0.39 is 0 Å². The number of aliphatic hydroxyl groups is 1. The molecule has 1 aromatic heterocycles. The molecule has 0 aromatic carbocycles. The molecule has 1 aliphatic rings. The topological polar surface area (TPSA) is 48.4 Å². The summed E-state index contributed by atoms with van der Waals surface area (Å²) in [4.78, 5) is 6.74. The van der Waals surface area contributed by atoms with Crippen LogP contribution in [-0.2, 0) is 6.54 Å². The van der Waals surface area contributed by atoms with Gasteiger partial charge >= 0.3 is 0 Å². The van der Waals surface area contributed by atoms with Crippen molar-refractivity contribution in [2.24, 2.45) is 0 Å². The minimum Gasteiger partial charge on any atom is -0.392 e. The maximum atomic E-state index is 9.45. The molecule has 2 N–H and O–H groups in total. The number of hydrogen-bond donors (Lipinski definition) is 2. The van der Waals surface area contributed by atoms with Crippen LogP contribution in [0.5, 0.6) is 0 Å². The SMILES string of the molecule is Cc1cccc(CN(C)CC2CC(O)CN2)n1. The molecule has 1 aliphatic heterocycles. The third-order valence-corrected chi connectivity index (χ3v) is 3.11. The average molecular weight is 235 g/mol. The Morgan fingerprint density at radius 2 is 2.35 bits per heavy atom. The maximum Gasteiger partial charge on any atom is 0.0680 e. The van der Waals surface area contributed by atoms with Crippen LogP contribution in [0.2, 0.25) is 0 Å². The van der Waals surface area contributed by atoms with Crippen molar-refractivity contribution in [3.8, 4) is 0 Å². The molecule has 0 amide bonds. The Morgan fingerprint density at radius 1 is 1.53 bits per heavy atom. The van der Waals surface area contributed by atoms with Crippen LogP contribution in [0.3, 0.4) is 0 Å². The smallest absolute Gasteiger partial charge is 0.0680 e. The fourth-order valence-corrected chi connectivity index (χ4v) is 2.34. The number of nitrogens with one attached hydrogen (secondary N) is 1. The molecule has 2 heterocycles. The zero-order valence-electron chi connectivity index (χ0n) is 10.6. The Kier molecular flexibility index (Phi) is 4.10. The number of pyridine rings is 1. The number of β-amino-alcohol motifs (C(OH)–C–C–N with tert-alkyl or cyclic N) is 1. The van der Waals surface area contributed by atoms with E-state index in [2.05, 4.69) is 28.3 Å². The lowest BCUT2D eigenvalue weighted by Crippen LogP contribution is -2.35. The standard InChI is InChI=1S/C13H21N3O/c1-10-4-3-5-11(15-10)8-16(2)9-12-6-13(17)7-14-12/h3-5,12-14,17H,6-9H2,1-2H3. The molecule has 1 aromatic rings. The number of aryl methyl sites for hydroxylation is 1. The third kappa shape index (κ3) is 3.77. The van der Waals surface area contributed by atoms with Gasteiger partial charge < -0.3 is 10.4 Å². The van der Waals surface area contributed by atoms with Gasteiger partial charge in [-0.2, -0.15) is 0 Å². The Bertz CT molecular complexity index is 369. The summed E-state index contributed by atoms with van der Waals surface area (Å²) in [6, 6.07) is 6.52. The molecule has 1 fully saturated rings. The highest BCUT2D eigenvalue weighted by atomic mass is 16.3. The second-order valence-electron chi connectivity index (χ2n) is 4.96. The molecule has 4 nitrogen and oxygen atoms in total. The van der Waals surface area contributed by atoms with Gasteiger partial charge in [0.1, 0.15) is 0 Å². The van der Waals surface area contributed by atoms with E-state index in [0.717, 1.165) is 37.4 Å². The molecule has 2 atom stereocenters. The summed E-state index contributed by atoms with van der Waals surface area (Å²) in [5, 5.41) is 12.8. The van der Waals surface area contributed by atoms with E-state index in [4.69, 9.17) is 0 Å². The van der Waals surface area contributed by atoms with Crippen molar-refractivity contribution in [2.75, 3.05) is 20.1 Å². The first-order valence-electron chi connectivity index (χ1n) is 6.16. The lowest BCUT2D eigenvalue weighted by molar-refractivity contribution is 0.189. The van der Waals surface area contributed by atoms with Crippen molar-refractivity contribution in [1.29, 1.82) is 0 Å². The molecule has 0 bridgehead atoms. The Labute approximate surface area is 103 Å². The molecule has 0 radical (unpaired) electrons. The number of rotatable bonds is 4. The van der Waals surface area contributed by atoms with Gasteiger partial charge in [0.2, 0.25) is 0 Å². The van der Waals surface area contributed by atoms with Gasteiger partial charge in [0.25, 0.3) is 0 Å². The summed E-state index contributed by atoms with van der Waals surface area (Å²) in [6.07, 6.45) is 0.677. The summed E-state index contributed by atoms with van der Waals surface area (Å²) < 4.78 is 0. The molecule has 94 valence electrons. The van der Waals surface area contributed by atoms with E-state index in [9.17, 15) is 5.11 Å². The van der Waals surface area contributed by atoms with Crippen molar-refractivity contribution in [2.45, 2.75) is 32.0 Å². The molecule has 2 rings (SSSR count). The fourth-order valence-electron chi connectivity index (χ4n) is 2.34. The quantitative estimate of drug-likeness (QED) is 0.800. The summed E-state index contributed by atoms with van der Waals surface area (Å²) in [6.45, 7) is 4.54. The molecule has 2 unspecified atom stereocenters. The van der Waals surface area contributed by atoms with Crippen LogP contribution in [0.1, 0.15) is 17.8 Å². The van der Waals surface area contributed by atoms with E-state index in [-0.39, 0.29) is 6.10 Å². The van der Waals surface area contributed by atoms with E-state index >= 15 is 0 Å². The van der Waals surface area contributed by atoms with Gasteiger partial charge in [0.05, 0.1) is 11.8 Å². The zero-order valence-corrected chi connectivity index (χ0v) is 10.6. The molecule has 0 saturated carbocycles. The normalized spacial score (nSPS) is 24.5. The first-order chi connectivity index (χ1) is 8.13. The summed E-state index contributed by atoms with van der Waals surface area (Å²) in [5.74, 6) is 0. The van der Waals surface area contributed by atoms with Crippen LogP contribution in [0.4, 0.5) is 0 Å². The van der Waals surface area contributed by atoms with E-state index in [1.807, 2.05) is 19.1 Å². The van der Waals surface area contributed by atoms with Gasteiger partial charge in [-0.15, -0.1) is 0 Å². The van der Waals surface area contributed by atoms with Gasteiger partial charge in [0, 0.05) is 31.4 Å². The van der Waals surface area contributed by atoms with Crippen molar-refractivity contribution >= 4 is 0 Å². The molecule has 17 heavy (non-hydrogen) atoms. The Balaban J connectivity index is 1.83. The summed E-state index contributed by atoms with van der Waals surface area (Å²) >= 11 is 0. The lowest BCUT2D eigenvalue weighted by atomic mass is 10.2. The van der Waals surface area contributed by atoms with Crippen molar-refractivity contribution in [1.82, 2.24) is 15.2 Å². The van der Waals surface area contributed by atoms with Crippen LogP contribution in [0.25, 0.3) is 0 Å². The highest BCUT2D eigenvalue weighted by Crippen LogP contribution is 2.09. The molecule has 0 aliphatic carbocycles. The predicted molar refractivity (Wildman–Crippen MR) is 67.7 cm³/mol. The number of likely N-dealkylation sites (N-methyl/N-ethyl adjacent to an activating group) is 1. The van der Waals surface area contributed by atoms with Gasteiger partial charge in [-0.1, -0.05) is 6.07 Å². The van der Waals surface area contributed by atoms with Crippen LogP contribution < -0.4 is 5.32 Å². The van der Waals surface area contributed by atoms with Gasteiger partial charge in [-0.3, -0.25) is 9.88 Å². The average Bonchev–Trinajstić information content (AvgIpc) is 2.63. The van der Waals surface area contributed by atoms with E-state index in [1.54, 1.807) is 0 Å². The van der Waals surface area contributed by atoms with Gasteiger partial charge in [-0.05, 0) is 32.5 Å². The Morgan fingerprint density at radius 3 is 3.00 bits per heavy atom. The highest BCUT2D eigenvalue weighted by Gasteiger charge is 2.22. The Hall–Kier alpha value is -0.970. The zero-order chi connectivity index (χ0) is 12.3. The third-order valence-electron chi connectivity index (χ3n) is 3.11. The number of aliphatic hydroxyl groups excluding tert-OH is 1. The molecular weight excluding hydrogens is 214 g/mol. The molecule has 4 heteroatoms. The molecular formula is C13H21N3O. The second kappa shape index (κ2) is 5.58. The summed E-state index contributed by atoms with van der Waals surface area (Å²) in [7, 11) is 2.09. The minimum absolute atomic E-state index is 0.175. The second-order valence-corrected chi connectivity index (χ2v) is 4.96. The van der Waals surface area contributed by atoms with E-state index in [1.165, 1.54) is 0 Å². The van der Waals surface area contributed by atoms with Crippen molar-refractivity contribution < 1.29 is 5.11 Å². The largest absolute Gasteiger partial charge is 0.392 e. The van der Waals surface area contributed by atoms with Crippen molar-refractivity contribution in [3.63, 3.8) is 0 Å². The number of aromatic nitrogens is 1. The van der Waals surface area contributed by atoms with Crippen LogP contribution in [0.15, 0.2) is 18.2 Å². The first kappa shape index (κ1) is 12.5. The lowest BCUT2D eigenvalue weighted by Gasteiger charge is -2.20. The monoisotopic (exact) mass is 235 g/mol. The molecule has 1 saturated heterocycles. The van der Waals surface area contributed by atoms with Gasteiger partial charge in [-0.25, -0.2) is 0 Å². The predicted octanol–water partition coefficient (Wildman–Crippen LogP) is 0.545. The van der Waals surface area contributed by atoms with Crippen molar-refractivity contribution in [3.05, 3.63) is 29.6 Å². The number of nitrogens with zero attached hydrogens (tertiary/aromatic N) is 2. The number of hydrogen-bond acceptors (Lipinski definition) is 4. The van der Waals surface area contributed by atoms with Gasteiger partial charge in [0.15, 0.2) is 0 Å². The van der Waals surface area contributed by atoms with Crippen LogP contribution in [0, 0.1) is 6.92 Å². The highest BCUT2D eigenvalue weighted by molar-refractivity contribution is 5.09. The van der Waals surface area contributed by atoms with Crippen LogP contribution in [-0.4, -0.2) is 47.3 Å².